The van der Waals surface area contributed by atoms with Gasteiger partial charge in [0, 0.05) is 50.2 Å². The summed E-state index contributed by atoms with van der Waals surface area (Å²) in [5, 5.41) is 2.64. The molecule has 1 saturated heterocycles. The average Bonchev–Trinajstić information content (AvgIpc) is 3.20. The lowest BCUT2D eigenvalue weighted by Gasteiger charge is -2.31. The van der Waals surface area contributed by atoms with Crippen LogP contribution < -0.4 is 5.32 Å². The van der Waals surface area contributed by atoms with Crippen molar-refractivity contribution in [2.45, 2.75) is 37.5 Å². The number of nitrogens with one attached hydrogen (secondary N) is 1. The first-order valence-corrected chi connectivity index (χ1v) is 11.5. The second-order valence-electron chi connectivity index (χ2n) is 7.53. The molecule has 1 amide bonds. The third-order valence-electron chi connectivity index (χ3n) is 5.40. The Bertz CT molecular complexity index is 1180. The Kier molecular flexibility index (Phi) is 5.84. The number of nitrogens with zero attached hydrogens (tertiary/aromatic N) is 5. The first-order chi connectivity index (χ1) is 14.8. The predicted octanol–water partition coefficient (Wildman–Crippen LogP) is 2.50. The maximum Gasteiger partial charge on any atom is 0.243 e. The monoisotopic (exact) mass is 440 g/mol. The molecule has 31 heavy (non-hydrogen) atoms. The molecule has 0 bridgehead atoms. The molecule has 162 valence electrons. The number of aryl methyl sites for hydroxylation is 1. The molecule has 3 heterocycles. The molecule has 1 fully saturated rings. The summed E-state index contributed by atoms with van der Waals surface area (Å²) in [4.78, 5) is 24.6. The van der Waals surface area contributed by atoms with Crippen molar-refractivity contribution in [3.05, 3.63) is 60.6 Å². The molecule has 10 heteroatoms. The van der Waals surface area contributed by atoms with E-state index in [2.05, 4.69) is 15.3 Å². The number of benzene rings is 1. The van der Waals surface area contributed by atoms with Crippen molar-refractivity contribution in [1.82, 2.24) is 23.8 Å². The van der Waals surface area contributed by atoms with Crippen LogP contribution in [0.4, 0.5) is 5.69 Å². The van der Waals surface area contributed by atoms with Gasteiger partial charge in [-0.3, -0.25) is 14.3 Å². The predicted molar refractivity (Wildman–Crippen MR) is 115 cm³/mol. The minimum Gasteiger partial charge on any atom is -0.326 e. The van der Waals surface area contributed by atoms with Crippen molar-refractivity contribution in [3.63, 3.8) is 0 Å². The molecule has 1 aliphatic heterocycles. The van der Waals surface area contributed by atoms with Crippen molar-refractivity contribution in [1.29, 1.82) is 0 Å². The molecular weight excluding hydrogens is 416 g/mol. The van der Waals surface area contributed by atoms with E-state index in [1.165, 1.54) is 23.4 Å². The number of rotatable bonds is 5. The number of carbonyl (C=O) groups is 1. The van der Waals surface area contributed by atoms with E-state index in [1.807, 2.05) is 17.7 Å². The van der Waals surface area contributed by atoms with Gasteiger partial charge in [0.15, 0.2) is 5.82 Å². The minimum absolute atomic E-state index is 0.143. The molecule has 0 radical (unpaired) electrons. The van der Waals surface area contributed by atoms with Crippen LogP contribution in [0.15, 0.2) is 53.9 Å². The van der Waals surface area contributed by atoms with E-state index in [1.54, 1.807) is 30.7 Å². The van der Waals surface area contributed by atoms with Gasteiger partial charge in [0.05, 0.1) is 16.8 Å². The molecule has 1 N–H and O–H groups in total. The molecule has 1 aromatic carbocycles. The number of carbonyl (C=O) groups excluding carboxylic acids is 1. The molecular formula is C21H24N6O3S. The van der Waals surface area contributed by atoms with Gasteiger partial charge in [-0.15, -0.1) is 0 Å². The normalized spacial score (nSPS) is 15.7. The zero-order valence-corrected chi connectivity index (χ0v) is 18.2. The summed E-state index contributed by atoms with van der Waals surface area (Å²) in [6, 6.07) is 6.24. The number of aromatic nitrogens is 4. The Morgan fingerprint density at radius 2 is 1.84 bits per heavy atom. The summed E-state index contributed by atoms with van der Waals surface area (Å²) in [5.74, 6) is 1.48. The van der Waals surface area contributed by atoms with Gasteiger partial charge in [-0.05, 0) is 44.0 Å². The maximum absolute atomic E-state index is 13.0. The van der Waals surface area contributed by atoms with Gasteiger partial charge in [-0.25, -0.2) is 18.4 Å². The zero-order valence-electron chi connectivity index (χ0n) is 17.4. The highest BCUT2D eigenvalue weighted by atomic mass is 32.2. The average molecular weight is 441 g/mol. The van der Waals surface area contributed by atoms with Crippen molar-refractivity contribution in [3.8, 4) is 5.82 Å². The fraction of sp³-hybridized carbons (Fsp3) is 0.333. The van der Waals surface area contributed by atoms with Gasteiger partial charge in [0.25, 0.3) is 0 Å². The van der Waals surface area contributed by atoms with E-state index in [9.17, 15) is 13.2 Å². The lowest BCUT2D eigenvalue weighted by atomic mass is 9.95. The Hall–Kier alpha value is -3.11. The Balaban J connectivity index is 1.45. The lowest BCUT2D eigenvalue weighted by Crippen LogP contribution is -2.38. The summed E-state index contributed by atoms with van der Waals surface area (Å²) in [7, 11) is -3.59. The molecule has 0 saturated carbocycles. The first-order valence-electron chi connectivity index (χ1n) is 10.0. The summed E-state index contributed by atoms with van der Waals surface area (Å²) < 4.78 is 29.4. The third kappa shape index (κ3) is 4.49. The largest absolute Gasteiger partial charge is 0.326 e. The highest BCUT2D eigenvalue weighted by molar-refractivity contribution is 7.89. The molecule has 2 aromatic heterocycles. The van der Waals surface area contributed by atoms with Gasteiger partial charge in [0.1, 0.15) is 5.82 Å². The van der Waals surface area contributed by atoms with Gasteiger partial charge in [-0.2, -0.15) is 4.31 Å². The van der Waals surface area contributed by atoms with Crippen LogP contribution in [0.1, 0.15) is 37.2 Å². The fourth-order valence-electron chi connectivity index (χ4n) is 3.76. The van der Waals surface area contributed by atoms with E-state index in [-0.39, 0.29) is 16.7 Å². The molecule has 0 unspecified atom stereocenters. The second-order valence-corrected chi connectivity index (χ2v) is 9.47. The molecule has 0 spiro atoms. The molecule has 9 nitrogen and oxygen atoms in total. The van der Waals surface area contributed by atoms with Crippen LogP contribution >= 0.6 is 0 Å². The number of imidazole rings is 1. The summed E-state index contributed by atoms with van der Waals surface area (Å²) in [5.41, 5.74) is 1.43. The Labute approximate surface area is 181 Å². The minimum atomic E-state index is -3.59. The number of piperidine rings is 1. The third-order valence-corrected chi connectivity index (χ3v) is 7.31. The van der Waals surface area contributed by atoms with Crippen molar-refractivity contribution < 1.29 is 13.2 Å². The van der Waals surface area contributed by atoms with E-state index in [0.717, 1.165) is 11.5 Å². The molecule has 3 aromatic rings. The molecule has 1 aliphatic rings. The molecule has 0 atom stereocenters. The highest BCUT2D eigenvalue weighted by Crippen LogP contribution is 2.30. The highest BCUT2D eigenvalue weighted by Gasteiger charge is 2.30. The number of anilines is 1. The van der Waals surface area contributed by atoms with E-state index >= 15 is 0 Å². The topological polar surface area (TPSA) is 110 Å². The van der Waals surface area contributed by atoms with Crippen LogP contribution in [0.5, 0.6) is 0 Å². The standard InChI is InChI=1S/C21H24N6O3S/c1-15-23-9-12-27(15)21-14-22-13-20(25-21)17-7-10-26(11-8-17)31(29,30)19-5-3-18(4-6-19)24-16(2)28/h3-6,9,12-14,17H,7-8,10-11H2,1-2H3,(H,24,28). The Morgan fingerprint density at radius 1 is 1.13 bits per heavy atom. The first kappa shape index (κ1) is 21.1. The zero-order chi connectivity index (χ0) is 22.0. The number of amides is 1. The van der Waals surface area contributed by atoms with Crippen molar-refractivity contribution in [2.24, 2.45) is 0 Å². The molecule has 4 rings (SSSR count). The summed E-state index contributed by atoms with van der Waals surface area (Å²) >= 11 is 0. The van der Waals surface area contributed by atoms with Crippen LogP contribution in [0.25, 0.3) is 5.82 Å². The van der Waals surface area contributed by atoms with E-state index in [0.29, 0.717) is 37.4 Å². The van der Waals surface area contributed by atoms with E-state index in [4.69, 9.17) is 4.98 Å². The SMILES string of the molecule is CC(=O)Nc1ccc(S(=O)(=O)N2CCC(c3cncc(-n4ccnc4C)n3)CC2)cc1. The van der Waals surface area contributed by atoms with Crippen LogP contribution in [-0.4, -0.2) is 51.2 Å². The fourth-order valence-corrected chi connectivity index (χ4v) is 5.23. The van der Waals surface area contributed by atoms with Crippen LogP contribution in [0.2, 0.25) is 0 Å². The number of hydrogen-bond donors (Lipinski definition) is 1. The number of hydrogen-bond acceptors (Lipinski definition) is 6. The van der Waals surface area contributed by atoms with Crippen molar-refractivity contribution >= 4 is 21.6 Å². The quantitative estimate of drug-likeness (QED) is 0.653. The van der Waals surface area contributed by atoms with Gasteiger partial charge in [0.2, 0.25) is 15.9 Å². The van der Waals surface area contributed by atoms with Gasteiger partial charge in [-0.1, -0.05) is 0 Å². The Morgan fingerprint density at radius 3 is 2.45 bits per heavy atom. The van der Waals surface area contributed by atoms with Crippen LogP contribution in [-0.2, 0) is 14.8 Å². The summed E-state index contributed by atoms with van der Waals surface area (Å²) in [6.45, 7) is 4.14. The smallest absolute Gasteiger partial charge is 0.243 e. The number of sulfonamides is 1. The molecule has 0 aliphatic carbocycles. The summed E-state index contributed by atoms with van der Waals surface area (Å²) in [6.07, 6.45) is 8.35. The maximum atomic E-state index is 13.0. The van der Waals surface area contributed by atoms with Gasteiger partial charge >= 0.3 is 0 Å². The van der Waals surface area contributed by atoms with E-state index < -0.39 is 10.0 Å². The van der Waals surface area contributed by atoms with Crippen LogP contribution in [0, 0.1) is 6.92 Å². The van der Waals surface area contributed by atoms with Crippen molar-refractivity contribution in [2.75, 3.05) is 18.4 Å². The van der Waals surface area contributed by atoms with Crippen LogP contribution in [0.3, 0.4) is 0 Å². The second kappa shape index (κ2) is 8.56. The van der Waals surface area contributed by atoms with Gasteiger partial charge < -0.3 is 5.32 Å². The lowest BCUT2D eigenvalue weighted by molar-refractivity contribution is -0.114.